The third-order valence-corrected chi connectivity index (χ3v) is 2.97. The Morgan fingerprint density at radius 1 is 1.00 bits per heavy atom. The predicted octanol–water partition coefficient (Wildman–Crippen LogP) is 4.09. The maximum Gasteiger partial charge on any atom is 0.0317 e. The fourth-order valence-electron chi connectivity index (χ4n) is 2.02. The molecular formula is C15H25N. The quantitative estimate of drug-likeness (QED) is 0.728. The van der Waals surface area contributed by atoms with E-state index in [9.17, 15) is 0 Å². The van der Waals surface area contributed by atoms with E-state index in [0.29, 0.717) is 6.04 Å². The first-order valence-electron chi connectivity index (χ1n) is 6.64. The summed E-state index contributed by atoms with van der Waals surface area (Å²) >= 11 is 0. The highest BCUT2D eigenvalue weighted by Gasteiger charge is 2.07. The predicted molar refractivity (Wildman–Crippen MR) is 71.8 cm³/mol. The minimum Gasteiger partial charge on any atom is -0.310 e. The normalized spacial score (nSPS) is 12.7. The van der Waals surface area contributed by atoms with Crippen LogP contribution in [-0.2, 0) is 6.42 Å². The molecule has 0 aliphatic rings. The Bertz CT molecular complexity index is 276. The summed E-state index contributed by atoms with van der Waals surface area (Å²) in [5.41, 5.74) is 2.88. The summed E-state index contributed by atoms with van der Waals surface area (Å²) in [5.74, 6) is 0. The number of benzene rings is 1. The Hall–Kier alpha value is -0.820. The molecule has 1 heteroatoms. The van der Waals surface area contributed by atoms with Crippen molar-refractivity contribution < 1.29 is 0 Å². The Balaban J connectivity index is 2.62. The number of aryl methyl sites for hydroxylation is 1. The van der Waals surface area contributed by atoms with E-state index in [0.717, 1.165) is 13.0 Å². The lowest BCUT2D eigenvalue weighted by Gasteiger charge is -2.17. The van der Waals surface area contributed by atoms with Crippen LogP contribution in [0.2, 0.25) is 0 Å². The molecule has 0 aliphatic carbocycles. The van der Waals surface area contributed by atoms with E-state index in [-0.39, 0.29) is 0 Å². The molecule has 1 aromatic carbocycles. The molecule has 1 atom stereocenters. The first kappa shape index (κ1) is 13.2. The topological polar surface area (TPSA) is 12.0 Å². The molecule has 0 amide bonds. The zero-order chi connectivity index (χ0) is 11.8. The number of nitrogens with one attached hydrogen (secondary N) is 1. The molecule has 0 aliphatic heterocycles. The molecule has 0 radical (unpaired) electrons. The van der Waals surface area contributed by atoms with Crippen LogP contribution in [-0.4, -0.2) is 6.54 Å². The van der Waals surface area contributed by atoms with Crippen molar-refractivity contribution >= 4 is 0 Å². The van der Waals surface area contributed by atoms with Gasteiger partial charge in [0.15, 0.2) is 0 Å². The van der Waals surface area contributed by atoms with Gasteiger partial charge in [-0.1, -0.05) is 51.5 Å². The first-order valence-corrected chi connectivity index (χ1v) is 6.64. The lowest BCUT2D eigenvalue weighted by Crippen LogP contribution is -2.21. The highest BCUT2D eigenvalue weighted by molar-refractivity contribution is 5.25. The molecule has 0 aromatic heterocycles. The van der Waals surface area contributed by atoms with Crippen molar-refractivity contribution in [3.8, 4) is 0 Å². The van der Waals surface area contributed by atoms with Gasteiger partial charge < -0.3 is 5.32 Å². The summed E-state index contributed by atoms with van der Waals surface area (Å²) in [4.78, 5) is 0. The summed E-state index contributed by atoms with van der Waals surface area (Å²) in [7, 11) is 0. The summed E-state index contributed by atoms with van der Waals surface area (Å²) < 4.78 is 0. The van der Waals surface area contributed by atoms with E-state index in [2.05, 4.69) is 50.4 Å². The van der Waals surface area contributed by atoms with Crippen LogP contribution in [0.3, 0.4) is 0 Å². The minimum atomic E-state index is 0.524. The molecule has 1 aromatic rings. The van der Waals surface area contributed by atoms with Gasteiger partial charge in [-0.15, -0.1) is 0 Å². The maximum atomic E-state index is 3.59. The van der Waals surface area contributed by atoms with E-state index >= 15 is 0 Å². The van der Waals surface area contributed by atoms with Gasteiger partial charge >= 0.3 is 0 Å². The van der Waals surface area contributed by atoms with Gasteiger partial charge in [-0.25, -0.2) is 0 Å². The van der Waals surface area contributed by atoms with Crippen LogP contribution in [0.1, 0.15) is 57.2 Å². The molecule has 90 valence electrons. The van der Waals surface area contributed by atoms with Gasteiger partial charge in [0.25, 0.3) is 0 Å². The van der Waals surface area contributed by atoms with Crippen LogP contribution in [0.5, 0.6) is 0 Å². The van der Waals surface area contributed by atoms with Crippen molar-refractivity contribution in [2.45, 2.75) is 52.5 Å². The Morgan fingerprint density at radius 3 is 2.19 bits per heavy atom. The second-order valence-corrected chi connectivity index (χ2v) is 4.41. The fraction of sp³-hybridized carbons (Fsp3) is 0.600. The summed E-state index contributed by atoms with van der Waals surface area (Å²) in [6.45, 7) is 7.79. The fourth-order valence-corrected chi connectivity index (χ4v) is 2.02. The van der Waals surface area contributed by atoms with Gasteiger partial charge in [0, 0.05) is 6.04 Å². The molecule has 1 nitrogen and oxygen atoms in total. The lowest BCUT2D eigenvalue weighted by atomic mass is 10.0. The molecule has 0 saturated carbocycles. The summed E-state index contributed by atoms with van der Waals surface area (Å²) in [6, 6.07) is 9.63. The van der Waals surface area contributed by atoms with Crippen LogP contribution in [0.4, 0.5) is 0 Å². The average molecular weight is 219 g/mol. The standard InChI is InChI=1S/C15H25N/c1-4-7-13-8-10-14(11-9-13)15(6-3)16-12-5-2/h8-11,15-16H,4-7,12H2,1-3H3. The summed E-state index contributed by atoms with van der Waals surface area (Å²) in [6.07, 6.45) is 4.78. The molecule has 0 bridgehead atoms. The van der Waals surface area contributed by atoms with Crippen molar-refractivity contribution in [1.29, 1.82) is 0 Å². The van der Waals surface area contributed by atoms with Crippen molar-refractivity contribution in [2.24, 2.45) is 0 Å². The van der Waals surface area contributed by atoms with Crippen LogP contribution in [0.25, 0.3) is 0 Å². The molecule has 0 fully saturated rings. The molecule has 1 N–H and O–H groups in total. The molecule has 0 spiro atoms. The van der Waals surface area contributed by atoms with E-state index < -0.39 is 0 Å². The third-order valence-electron chi connectivity index (χ3n) is 2.97. The van der Waals surface area contributed by atoms with Crippen LogP contribution in [0, 0.1) is 0 Å². The Labute approximate surface area is 100 Å². The number of hydrogen-bond acceptors (Lipinski definition) is 1. The summed E-state index contributed by atoms with van der Waals surface area (Å²) in [5, 5.41) is 3.59. The molecule has 1 rings (SSSR count). The first-order chi connectivity index (χ1) is 7.81. The zero-order valence-electron chi connectivity index (χ0n) is 10.9. The van der Waals surface area contributed by atoms with E-state index in [1.54, 1.807) is 0 Å². The highest BCUT2D eigenvalue weighted by atomic mass is 14.9. The third kappa shape index (κ3) is 3.97. The average Bonchev–Trinajstić information content (AvgIpc) is 2.32. The smallest absolute Gasteiger partial charge is 0.0317 e. The largest absolute Gasteiger partial charge is 0.310 e. The minimum absolute atomic E-state index is 0.524. The SMILES string of the molecule is CCCNC(CC)c1ccc(CCC)cc1. The molecule has 0 heterocycles. The van der Waals surface area contributed by atoms with Crippen LogP contribution in [0.15, 0.2) is 24.3 Å². The van der Waals surface area contributed by atoms with E-state index in [1.807, 2.05) is 0 Å². The highest BCUT2D eigenvalue weighted by Crippen LogP contribution is 2.17. The Kier molecular flexibility index (Phi) is 6.17. The van der Waals surface area contributed by atoms with Crippen molar-refractivity contribution in [3.63, 3.8) is 0 Å². The van der Waals surface area contributed by atoms with Crippen molar-refractivity contribution in [2.75, 3.05) is 6.54 Å². The second kappa shape index (κ2) is 7.45. The monoisotopic (exact) mass is 219 g/mol. The van der Waals surface area contributed by atoms with Gasteiger partial charge in [-0.3, -0.25) is 0 Å². The van der Waals surface area contributed by atoms with E-state index in [4.69, 9.17) is 0 Å². The number of hydrogen-bond donors (Lipinski definition) is 1. The van der Waals surface area contributed by atoms with Crippen molar-refractivity contribution in [1.82, 2.24) is 5.32 Å². The maximum absolute atomic E-state index is 3.59. The van der Waals surface area contributed by atoms with Gasteiger partial charge in [0.2, 0.25) is 0 Å². The van der Waals surface area contributed by atoms with Crippen LogP contribution >= 0.6 is 0 Å². The van der Waals surface area contributed by atoms with Gasteiger partial charge in [-0.2, -0.15) is 0 Å². The zero-order valence-corrected chi connectivity index (χ0v) is 10.9. The van der Waals surface area contributed by atoms with Gasteiger partial charge in [-0.05, 0) is 36.9 Å². The molecule has 0 saturated heterocycles. The Morgan fingerprint density at radius 2 is 1.69 bits per heavy atom. The number of rotatable bonds is 7. The second-order valence-electron chi connectivity index (χ2n) is 4.41. The van der Waals surface area contributed by atoms with Crippen molar-refractivity contribution in [3.05, 3.63) is 35.4 Å². The van der Waals surface area contributed by atoms with E-state index in [1.165, 1.54) is 30.4 Å². The van der Waals surface area contributed by atoms with Gasteiger partial charge in [0.05, 0.1) is 0 Å². The molecule has 16 heavy (non-hydrogen) atoms. The van der Waals surface area contributed by atoms with Gasteiger partial charge in [0.1, 0.15) is 0 Å². The lowest BCUT2D eigenvalue weighted by molar-refractivity contribution is 0.518. The van der Waals surface area contributed by atoms with Crippen LogP contribution < -0.4 is 5.32 Å². The molecule has 1 unspecified atom stereocenters. The molecular weight excluding hydrogens is 194 g/mol.